The molecule has 0 fully saturated rings. The Kier molecular flexibility index (Phi) is 4.08. The van der Waals surface area contributed by atoms with E-state index in [0.29, 0.717) is 0 Å². The summed E-state index contributed by atoms with van der Waals surface area (Å²) in [5.41, 5.74) is 0.255. The quantitative estimate of drug-likeness (QED) is 0.641. The van der Waals surface area contributed by atoms with Crippen molar-refractivity contribution in [2.75, 3.05) is 7.11 Å². The number of esters is 1. The Labute approximate surface area is 121 Å². The molecule has 0 aliphatic heterocycles. The number of nitrogens with zero attached hydrogens (tertiary/aromatic N) is 2. The van der Waals surface area contributed by atoms with Gasteiger partial charge >= 0.3 is 18.1 Å². The Morgan fingerprint density at radius 1 is 1.27 bits per heavy atom. The number of fused-ring (bicyclic) bond motifs is 1. The van der Waals surface area contributed by atoms with Crippen molar-refractivity contribution in [2.45, 2.75) is 24.9 Å². The lowest BCUT2D eigenvalue weighted by atomic mass is 10.1. The molecular formula is C13H11F5N2O2. The van der Waals surface area contributed by atoms with E-state index in [0.717, 1.165) is 7.11 Å². The van der Waals surface area contributed by atoms with E-state index in [1.165, 1.54) is 16.7 Å². The number of aromatic nitrogens is 2. The first-order valence-corrected chi connectivity index (χ1v) is 6.16. The minimum absolute atomic E-state index is 0.0232. The maximum atomic E-state index is 13.0. The van der Waals surface area contributed by atoms with Crippen LogP contribution in [0.4, 0.5) is 22.0 Å². The summed E-state index contributed by atoms with van der Waals surface area (Å²) in [7, 11) is 1.11. The van der Waals surface area contributed by atoms with Crippen LogP contribution in [0.1, 0.15) is 22.7 Å². The standard InChI is InChI=1S/C13H11F5N2O2/c1-22-11(21)10-19-8(9-4-2-3-7-20(9)10)5-6-12(14,15)13(16,17)18/h2-4,7H,5-6H2,1H3. The number of pyridine rings is 1. The van der Waals surface area contributed by atoms with E-state index >= 15 is 0 Å². The highest BCUT2D eigenvalue weighted by atomic mass is 19.4. The Balaban J connectivity index is 2.35. The van der Waals surface area contributed by atoms with Crippen molar-refractivity contribution in [1.29, 1.82) is 0 Å². The molecule has 9 heteroatoms. The van der Waals surface area contributed by atoms with Gasteiger partial charge in [0.2, 0.25) is 5.82 Å². The average Bonchev–Trinajstić information content (AvgIpc) is 2.82. The number of aryl methyl sites for hydroxylation is 1. The maximum Gasteiger partial charge on any atom is 0.453 e. The second-order valence-corrected chi connectivity index (χ2v) is 4.53. The molecule has 2 aromatic heterocycles. The van der Waals surface area contributed by atoms with Gasteiger partial charge in [0, 0.05) is 12.6 Å². The van der Waals surface area contributed by atoms with E-state index in [1.807, 2.05) is 0 Å². The van der Waals surface area contributed by atoms with Gasteiger partial charge in [0.05, 0.1) is 18.3 Å². The first-order valence-electron chi connectivity index (χ1n) is 6.16. The molecular weight excluding hydrogens is 311 g/mol. The third-order valence-corrected chi connectivity index (χ3v) is 3.08. The molecule has 2 aromatic rings. The van der Waals surface area contributed by atoms with E-state index in [2.05, 4.69) is 9.72 Å². The number of rotatable bonds is 4. The molecule has 22 heavy (non-hydrogen) atoms. The molecule has 0 amide bonds. The number of halogens is 5. The number of hydrogen-bond donors (Lipinski definition) is 0. The maximum absolute atomic E-state index is 13.0. The molecule has 0 radical (unpaired) electrons. The molecule has 0 bridgehead atoms. The number of carbonyl (C=O) groups is 1. The second-order valence-electron chi connectivity index (χ2n) is 4.53. The van der Waals surface area contributed by atoms with E-state index in [9.17, 15) is 26.7 Å². The van der Waals surface area contributed by atoms with Gasteiger partial charge in [-0.05, 0) is 18.6 Å². The van der Waals surface area contributed by atoms with Crippen molar-refractivity contribution in [1.82, 2.24) is 9.38 Å². The zero-order valence-corrected chi connectivity index (χ0v) is 11.3. The molecule has 0 aromatic carbocycles. The minimum atomic E-state index is -5.62. The van der Waals surface area contributed by atoms with Crippen LogP contribution in [0.25, 0.3) is 5.52 Å². The van der Waals surface area contributed by atoms with Gasteiger partial charge < -0.3 is 4.74 Å². The predicted molar refractivity (Wildman–Crippen MR) is 65.9 cm³/mol. The third-order valence-electron chi connectivity index (χ3n) is 3.08. The van der Waals surface area contributed by atoms with Crippen LogP contribution in [0.5, 0.6) is 0 Å². The normalized spacial score (nSPS) is 12.6. The van der Waals surface area contributed by atoms with Crippen LogP contribution >= 0.6 is 0 Å². The van der Waals surface area contributed by atoms with Crippen molar-refractivity contribution < 1.29 is 31.5 Å². The number of alkyl halides is 5. The summed E-state index contributed by atoms with van der Waals surface area (Å²) in [6.45, 7) is 0. The monoisotopic (exact) mass is 322 g/mol. The Hall–Kier alpha value is -2.19. The fourth-order valence-electron chi connectivity index (χ4n) is 1.94. The Morgan fingerprint density at radius 3 is 2.55 bits per heavy atom. The van der Waals surface area contributed by atoms with Crippen LogP contribution in [-0.2, 0) is 11.2 Å². The van der Waals surface area contributed by atoms with Crippen LogP contribution in [0, 0.1) is 0 Å². The minimum Gasteiger partial charge on any atom is -0.463 e. The van der Waals surface area contributed by atoms with Gasteiger partial charge in [-0.3, -0.25) is 4.40 Å². The molecule has 0 aliphatic rings. The zero-order valence-electron chi connectivity index (χ0n) is 11.3. The molecule has 0 atom stereocenters. The molecule has 120 valence electrons. The molecule has 0 unspecified atom stereocenters. The first kappa shape index (κ1) is 16.2. The molecule has 0 aliphatic carbocycles. The molecule has 4 nitrogen and oxygen atoms in total. The molecule has 2 heterocycles. The lowest BCUT2D eigenvalue weighted by Gasteiger charge is -2.18. The molecule has 2 rings (SSSR count). The highest BCUT2D eigenvalue weighted by Crippen LogP contribution is 2.39. The summed E-state index contributed by atoms with van der Waals surface area (Å²) >= 11 is 0. The highest BCUT2D eigenvalue weighted by Gasteiger charge is 2.56. The van der Waals surface area contributed by atoms with Crippen LogP contribution in [0.2, 0.25) is 0 Å². The van der Waals surface area contributed by atoms with E-state index in [4.69, 9.17) is 0 Å². The summed E-state index contributed by atoms with van der Waals surface area (Å²) in [6, 6.07) is 4.60. The van der Waals surface area contributed by atoms with E-state index < -0.39 is 30.9 Å². The van der Waals surface area contributed by atoms with E-state index in [1.54, 1.807) is 12.1 Å². The van der Waals surface area contributed by atoms with Gasteiger partial charge in [-0.25, -0.2) is 9.78 Å². The number of ether oxygens (including phenoxy) is 1. The largest absolute Gasteiger partial charge is 0.463 e. The smallest absolute Gasteiger partial charge is 0.453 e. The highest BCUT2D eigenvalue weighted by molar-refractivity contribution is 5.87. The van der Waals surface area contributed by atoms with Crippen LogP contribution in [-0.4, -0.2) is 34.6 Å². The van der Waals surface area contributed by atoms with Gasteiger partial charge in [-0.2, -0.15) is 22.0 Å². The average molecular weight is 322 g/mol. The Morgan fingerprint density at radius 2 is 1.95 bits per heavy atom. The molecule has 0 spiro atoms. The Bertz CT molecular complexity index is 693. The molecule has 0 saturated carbocycles. The first-order chi connectivity index (χ1) is 10.2. The zero-order chi connectivity index (χ0) is 16.5. The van der Waals surface area contributed by atoms with Crippen molar-refractivity contribution in [3.8, 4) is 0 Å². The topological polar surface area (TPSA) is 43.6 Å². The van der Waals surface area contributed by atoms with Gasteiger partial charge in [-0.1, -0.05) is 6.07 Å². The second kappa shape index (κ2) is 5.54. The van der Waals surface area contributed by atoms with Crippen molar-refractivity contribution in [2.24, 2.45) is 0 Å². The summed E-state index contributed by atoms with van der Waals surface area (Å²) in [5.74, 6) is -5.80. The van der Waals surface area contributed by atoms with Crippen LogP contribution in [0.3, 0.4) is 0 Å². The fraction of sp³-hybridized carbons (Fsp3) is 0.385. The van der Waals surface area contributed by atoms with E-state index in [-0.39, 0.29) is 17.0 Å². The summed E-state index contributed by atoms with van der Waals surface area (Å²) in [5, 5.41) is 0. The molecule has 0 N–H and O–H groups in total. The number of carbonyl (C=O) groups excluding carboxylic acids is 1. The molecule has 0 saturated heterocycles. The van der Waals surface area contributed by atoms with Crippen molar-refractivity contribution >= 4 is 11.5 Å². The van der Waals surface area contributed by atoms with Crippen molar-refractivity contribution in [3.63, 3.8) is 0 Å². The van der Waals surface area contributed by atoms with Crippen molar-refractivity contribution in [3.05, 3.63) is 35.9 Å². The van der Waals surface area contributed by atoms with Crippen LogP contribution < -0.4 is 0 Å². The fourth-order valence-corrected chi connectivity index (χ4v) is 1.94. The summed E-state index contributed by atoms with van der Waals surface area (Å²) < 4.78 is 68.4. The van der Waals surface area contributed by atoms with Gasteiger partial charge in [0.1, 0.15) is 0 Å². The lowest BCUT2D eigenvalue weighted by Crippen LogP contribution is -2.36. The van der Waals surface area contributed by atoms with Gasteiger partial charge in [0.15, 0.2) is 0 Å². The predicted octanol–water partition coefficient (Wildman–Crippen LogP) is 3.25. The number of imidazole rings is 1. The number of methoxy groups -OCH3 is 1. The third kappa shape index (κ3) is 2.88. The number of hydrogen-bond acceptors (Lipinski definition) is 3. The SMILES string of the molecule is COC(=O)c1nc(CCC(F)(F)C(F)(F)F)c2ccccn12. The summed E-state index contributed by atoms with van der Waals surface area (Å²) in [4.78, 5) is 15.4. The van der Waals surface area contributed by atoms with Gasteiger partial charge in [0.25, 0.3) is 0 Å². The van der Waals surface area contributed by atoms with Gasteiger partial charge in [-0.15, -0.1) is 0 Å². The lowest BCUT2D eigenvalue weighted by molar-refractivity contribution is -0.284. The summed E-state index contributed by atoms with van der Waals surface area (Å²) in [6.07, 6.45) is -6.25. The van der Waals surface area contributed by atoms with Crippen LogP contribution in [0.15, 0.2) is 24.4 Å².